The van der Waals surface area contributed by atoms with Crippen LogP contribution in [0.5, 0.6) is 0 Å². The van der Waals surface area contributed by atoms with Gasteiger partial charge in [-0.3, -0.25) is 0 Å². The number of rotatable bonds is 5. The first-order valence-corrected chi connectivity index (χ1v) is 5.39. The summed E-state index contributed by atoms with van der Waals surface area (Å²) in [7, 11) is 0. The Morgan fingerprint density at radius 3 is 3.07 bits per heavy atom. The largest absolute Gasteiger partial charge is 0.367 e. The molecule has 80 valence electrons. The molecule has 0 aliphatic heterocycles. The lowest BCUT2D eigenvalue weighted by atomic mass is 10.1. The molecule has 15 heavy (non-hydrogen) atoms. The summed E-state index contributed by atoms with van der Waals surface area (Å²) in [6.07, 6.45) is 5.20. The zero-order valence-corrected chi connectivity index (χ0v) is 9.33. The van der Waals surface area contributed by atoms with Crippen molar-refractivity contribution < 1.29 is 0 Å². The van der Waals surface area contributed by atoms with Crippen LogP contribution in [0.15, 0.2) is 18.3 Å². The lowest BCUT2D eigenvalue weighted by Gasteiger charge is -2.14. The number of pyridine rings is 1. The van der Waals surface area contributed by atoms with Crippen LogP contribution in [0.3, 0.4) is 0 Å². The van der Waals surface area contributed by atoms with Crippen LogP contribution in [0.2, 0.25) is 0 Å². The average Bonchev–Trinajstić information content (AvgIpc) is 2.27. The van der Waals surface area contributed by atoms with E-state index in [-0.39, 0.29) is 0 Å². The van der Waals surface area contributed by atoms with E-state index in [2.05, 4.69) is 30.2 Å². The molecule has 0 saturated heterocycles. The minimum Gasteiger partial charge on any atom is -0.367 e. The number of anilines is 1. The third-order valence-electron chi connectivity index (χ3n) is 2.30. The van der Waals surface area contributed by atoms with Crippen molar-refractivity contribution in [1.82, 2.24) is 4.98 Å². The van der Waals surface area contributed by atoms with Crippen molar-refractivity contribution in [3.63, 3.8) is 0 Å². The highest BCUT2D eigenvalue weighted by Gasteiger charge is 2.05. The van der Waals surface area contributed by atoms with Gasteiger partial charge in [0.25, 0.3) is 0 Å². The molecule has 1 atom stereocenters. The van der Waals surface area contributed by atoms with Gasteiger partial charge < -0.3 is 5.32 Å². The van der Waals surface area contributed by atoms with Crippen LogP contribution in [-0.4, -0.2) is 11.0 Å². The maximum Gasteiger partial charge on any atom is 0.144 e. The summed E-state index contributed by atoms with van der Waals surface area (Å²) in [4.78, 5) is 4.16. The van der Waals surface area contributed by atoms with Gasteiger partial charge in [0.2, 0.25) is 0 Å². The van der Waals surface area contributed by atoms with Gasteiger partial charge in [0.05, 0.1) is 5.56 Å². The smallest absolute Gasteiger partial charge is 0.144 e. The van der Waals surface area contributed by atoms with Crippen molar-refractivity contribution >= 4 is 5.82 Å². The molecule has 1 heterocycles. The van der Waals surface area contributed by atoms with Gasteiger partial charge in [0.15, 0.2) is 0 Å². The molecule has 1 aromatic heterocycles. The lowest BCUT2D eigenvalue weighted by Crippen LogP contribution is -2.16. The fraction of sp³-hybridized carbons (Fsp3) is 0.500. The van der Waals surface area contributed by atoms with E-state index in [1.165, 1.54) is 12.8 Å². The molecule has 0 radical (unpaired) electrons. The molecule has 0 saturated carbocycles. The van der Waals surface area contributed by atoms with E-state index in [0.717, 1.165) is 6.42 Å². The van der Waals surface area contributed by atoms with Gasteiger partial charge in [-0.25, -0.2) is 4.98 Å². The number of nitriles is 1. The summed E-state index contributed by atoms with van der Waals surface area (Å²) in [5.74, 6) is 0.698. The predicted octanol–water partition coefficient (Wildman–Crippen LogP) is 2.94. The molecule has 0 bridgehead atoms. The number of unbranched alkanes of at least 4 members (excludes halogenated alkanes) is 1. The molecule has 1 aromatic rings. The standard InChI is InChI=1S/C12H17N3/c1-3-4-6-10(2)15-12-11(9-13)7-5-8-14-12/h5,7-8,10H,3-4,6H2,1-2H3,(H,14,15). The minimum absolute atomic E-state index is 0.368. The van der Waals surface area contributed by atoms with E-state index in [1.807, 2.05) is 0 Å². The van der Waals surface area contributed by atoms with Gasteiger partial charge in [-0.05, 0) is 25.5 Å². The number of nitrogens with zero attached hydrogens (tertiary/aromatic N) is 2. The van der Waals surface area contributed by atoms with Crippen molar-refractivity contribution in [2.24, 2.45) is 0 Å². The first-order valence-electron chi connectivity index (χ1n) is 5.39. The molecule has 3 heteroatoms. The SMILES string of the molecule is CCCCC(C)Nc1ncccc1C#N. The summed E-state index contributed by atoms with van der Waals surface area (Å²) in [5, 5.41) is 12.1. The molecule has 0 fully saturated rings. The molecule has 1 rings (SSSR count). The second-order valence-corrected chi connectivity index (χ2v) is 3.70. The Kier molecular flexibility index (Phi) is 4.62. The van der Waals surface area contributed by atoms with Gasteiger partial charge in [-0.1, -0.05) is 19.8 Å². The summed E-state index contributed by atoms with van der Waals surface area (Å²) >= 11 is 0. The molecule has 0 amide bonds. The first-order chi connectivity index (χ1) is 7.27. The number of nitrogens with one attached hydrogen (secondary N) is 1. The second kappa shape index (κ2) is 6.02. The zero-order chi connectivity index (χ0) is 11.1. The predicted molar refractivity (Wildman–Crippen MR) is 61.6 cm³/mol. The molecule has 0 spiro atoms. The maximum atomic E-state index is 8.88. The lowest BCUT2D eigenvalue weighted by molar-refractivity contribution is 0.643. The molecule has 3 nitrogen and oxygen atoms in total. The van der Waals surface area contributed by atoms with Gasteiger partial charge in [0, 0.05) is 12.2 Å². The summed E-state index contributed by atoms with van der Waals surface area (Å²) < 4.78 is 0. The third kappa shape index (κ3) is 3.59. The molecule has 1 unspecified atom stereocenters. The van der Waals surface area contributed by atoms with Crippen LogP contribution in [0.25, 0.3) is 0 Å². The van der Waals surface area contributed by atoms with Crippen molar-refractivity contribution in [3.05, 3.63) is 23.9 Å². The van der Waals surface area contributed by atoms with Gasteiger partial charge in [-0.2, -0.15) is 5.26 Å². The summed E-state index contributed by atoms with van der Waals surface area (Å²) in [5.41, 5.74) is 0.612. The molecular weight excluding hydrogens is 186 g/mol. The van der Waals surface area contributed by atoms with E-state index in [0.29, 0.717) is 17.4 Å². The average molecular weight is 203 g/mol. The molecule has 0 aliphatic rings. The van der Waals surface area contributed by atoms with E-state index in [4.69, 9.17) is 5.26 Å². The van der Waals surface area contributed by atoms with Crippen molar-refractivity contribution in [3.8, 4) is 6.07 Å². The van der Waals surface area contributed by atoms with E-state index in [1.54, 1.807) is 18.3 Å². The fourth-order valence-electron chi connectivity index (χ4n) is 1.43. The van der Waals surface area contributed by atoms with E-state index < -0.39 is 0 Å². The molecule has 0 aliphatic carbocycles. The number of aromatic nitrogens is 1. The highest BCUT2D eigenvalue weighted by Crippen LogP contribution is 2.13. The van der Waals surface area contributed by atoms with Crippen molar-refractivity contribution in [1.29, 1.82) is 5.26 Å². The van der Waals surface area contributed by atoms with Crippen molar-refractivity contribution in [2.75, 3.05) is 5.32 Å². The summed E-state index contributed by atoms with van der Waals surface area (Å²) in [6, 6.07) is 6.06. The number of hydrogen-bond acceptors (Lipinski definition) is 3. The highest BCUT2D eigenvalue weighted by atomic mass is 15.0. The van der Waals surface area contributed by atoms with Crippen LogP contribution in [0.4, 0.5) is 5.82 Å². The Bertz CT molecular complexity index is 341. The van der Waals surface area contributed by atoms with Crippen LogP contribution >= 0.6 is 0 Å². The molecule has 0 aromatic carbocycles. The van der Waals surface area contributed by atoms with E-state index in [9.17, 15) is 0 Å². The Hall–Kier alpha value is -1.56. The van der Waals surface area contributed by atoms with Crippen LogP contribution < -0.4 is 5.32 Å². The zero-order valence-electron chi connectivity index (χ0n) is 9.33. The quantitative estimate of drug-likeness (QED) is 0.800. The first kappa shape index (κ1) is 11.5. The highest BCUT2D eigenvalue weighted by molar-refractivity contribution is 5.51. The van der Waals surface area contributed by atoms with Gasteiger partial charge in [0.1, 0.15) is 11.9 Å². The normalized spacial score (nSPS) is 11.8. The van der Waals surface area contributed by atoms with E-state index >= 15 is 0 Å². The van der Waals surface area contributed by atoms with Crippen LogP contribution in [0.1, 0.15) is 38.7 Å². The Morgan fingerprint density at radius 1 is 1.60 bits per heavy atom. The Balaban J connectivity index is 2.60. The van der Waals surface area contributed by atoms with Crippen LogP contribution in [0, 0.1) is 11.3 Å². The van der Waals surface area contributed by atoms with Crippen LogP contribution in [-0.2, 0) is 0 Å². The minimum atomic E-state index is 0.368. The van der Waals surface area contributed by atoms with Gasteiger partial charge in [-0.15, -0.1) is 0 Å². The maximum absolute atomic E-state index is 8.88. The molecule has 1 N–H and O–H groups in total. The Morgan fingerprint density at radius 2 is 2.40 bits per heavy atom. The van der Waals surface area contributed by atoms with Gasteiger partial charge >= 0.3 is 0 Å². The van der Waals surface area contributed by atoms with Crippen molar-refractivity contribution in [2.45, 2.75) is 39.2 Å². The molecular formula is C12H17N3. The fourth-order valence-corrected chi connectivity index (χ4v) is 1.43. The Labute approximate surface area is 91.1 Å². The monoisotopic (exact) mass is 203 g/mol. The second-order valence-electron chi connectivity index (χ2n) is 3.70. The topological polar surface area (TPSA) is 48.7 Å². The number of hydrogen-bond donors (Lipinski definition) is 1. The summed E-state index contributed by atoms with van der Waals surface area (Å²) in [6.45, 7) is 4.29. The third-order valence-corrected chi connectivity index (χ3v) is 2.30.